The van der Waals surface area contributed by atoms with Crippen molar-refractivity contribution >= 4 is 15.9 Å². The number of hydrogen-bond donors (Lipinski definition) is 0. The molecule has 1 aromatic rings. The van der Waals surface area contributed by atoms with E-state index < -0.39 is 0 Å². The lowest BCUT2D eigenvalue weighted by Crippen LogP contribution is -2.08. The zero-order chi connectivity index (χ0) is 10.6. The summed E-state index contributed by atoms with van der Waals surface area (Å²) in [5.74, 6) is 0. The number of benzene rings is 1. The molecule has 0 saturated heterocycles. The molecule has 74 valence electrons. The van der Waals surface area contributed by atoms with Crippen LogP contribution in [0.4, 0.5) is 0 Å². The van der Waals surface area contributed by atoms with Gasteiger partial charge in [-0.1, -0.05) is 28.1 Å². The molecule has 0 aromatic heterocycles. The van der Waals surface area contributed by atoms with Crippen LogP contribution in [0, 0.1) is 16.7 Å². The maximum Gasteiger partial charge on any atom is 0.0684 e. The SMILES string of the molecule is CC(C)(C#N)CCc1cccc(Br)c1. The Labute approximate surface area is 93.9 Å². The van der Waals surface area contributed by atoms with Gasteiger partial charge in [0.05, 0.1) is 11.5 Å². The molecular weight excluding hydrogens is 238 g/mol. The predicted octanol–water partition coefficient (Wildman–Crippen LogP) is 3.93. The molecule has 1 rings (SSSR count). The lowest BCUT2D eigenvalue weighted by Gasteiger charge is -2.14. The third kappa shape index (κ3) is 3.51. The van der Waals surface area contributed by atoms with Crippen LogP contribution in [0.1, 0.15) is 25.8 Å². The Morgan fingerprint density at radius 2 is 2.14 bits per heavy atom. The van der Waals surface area contributed by atoms with Gasteiger partial charge in [-0.2, -0.15) is 5.26 Å². The zero-order valence-electron chi connectivity index (χ0n) is 8.55. The summed E-state index contributed by atoms with van der Waals surface area (Å²) < 4.78 is 1.10. The summed E-state index contributed by atoms with van der Waals surface area (Å²) in [5.41, 5.74) is 1.06. The third-order valence-corrected chi connectivity index (χ3v) is 2.72. The van der Waals surface area contributed by atoms with E-state index in [0.717, 1.165) is 17.3 Å². The molecule has 0 aliphatic carbocycles. The molecule has 0 atom stereocenters. The van der Waals surface area contributed by atoms with Gasteiger partial charge in [-0.15, -0.1) is 0 Å². The van der Waals surface area contributed by atoms with Crippen LogP contribution in [0.5, 0.6) is 0 Å². The highest BCUT2D eigenvalue weighted by atomic mass is 79.9. The summed E-state index contributed by atoms with van der Waals surface area (Å²) in [5, 5.41) is 8.87. The van der Waals surface area contributed by atoms with Gasteiger partial charge in [-0.3, -0.25) is 0 Å². The summed E-state index contributed by atoms with van der Waals surface area (Å²) in [7, 11) is 0. The smallest absolute Gasteiger partial charge is 0.0684 e. The van der Waals surface area contributed by atoms with E-state index in [2.05, 4.69) is 34.1 Å². The molecule has 0 bridgehead atoms. The average molecular weight is 252 g/mol. The minimum atomic E-state index is -0.220. The van der Waals surface area contributed by atoms with E-state index in [1.807, 2.05) is 26.0 Å². The predicted molar refractivity (Wildman–Crippen MR) is 61.9 cm³/mol. The van der Waals surface area contributed by atoms with Crippen molar-refractivity contribution in [2.75, 3.05) is 0 Å². The Morgan fingerprint density at radius 1 is 1.43 bits per heavy atom. The minimum absolute atomic E-state index is 0.220. The van der Waals surface area contributed by atoms with Crippen LogP contribution in [0.15, 0.2) is 28.7 Å². The lowest BCUT2D eigenvalue weighted by atomic mass is 9.88. The fourth-order valence-corrected chi connectivity index (χ4v) is 1.65. The van der Waals surface area contributed by atoms with Crippen molar-refractivity contribution in [3.05, 3.63) is 34.3 Å². The number of nitriles is 1. The summed E-state index contributed by atoms with van der Waals surface area (Å²) >= 11 is 3.43. The second-order valence-electron chi connectivity index (χ2n) is 4.13. The van der Waals surface area contributed by atoms with E-state index in [9.17, 15) is 0 Å². The summed E-state index contributed by atoms with van der Waals surface area (Å²) in [4.78, 5) is 0. The van der Waals surface area contributed by atoms with E-state index >= 15 is 0 Å². The van der Waals surface area contributed by atoms with Gasteiger partial charge in [0.2, 0.25) is 0 Å². The molecule has 0 aliphatic rings. The summed E-state index contributed by atoms with van der Waals surface area (Å²) in [6.45, 7) is 3.95. The molecule has 0 radical (unpaired) electrons. The number of nitrogens with zero attached hydrogens (tertiary/aromatic N) is 1. The Hall–Kier alpha value is -0.810. The molecule has 0 amide bonds. The molecule has 0 spiro atoms. The first-order valence-corrected chi connectivity index (χ1v) is 5.48. The standard InChI is InChI=1S/C12H14BrN/c1-12(2,9-14)7-6-10-4-3-5-11(13)8-10/h3-5,8H,6-7H2,1-2H3. The number of hydrogen-bond acceptors (Lipinski definition) is 1. The van der Waals surface area contributed by atoms with Crippen LogP contribution in [-0.2, 0) is 6.42 Å². The van der Waals surface area contributed by atoms with Crippen molar-refractivity contribution in [1.82, 2.24) is 0 Å². The molecule has 14 heavy (non-hydrogen) atoms. The fraction of sp³-hybridized carbons (Fsp3) is 0.417. The van der Waals surface area contributed by atoms with E-state index in [4.69, 9.17) is 5.26 Å². The Balaban J connectivity index is 2.59. The van der Waals surface area contributed by atoms with Crippen molar-refractivity contribution in [1.29, 1.82) is 5.26 Å². The molecule has 0 unspecified atom stereocenters. The van der Waals surface area contributed by atoms with Gasteiger partial charge in [0.15, 0.2) is 0 Å². The normalized spacial score (nSPS) is 11.0. The maximum absolute atomic E-state index is 8.87. The quantitative estimate of drug-likeness (QED) is 0.799. The maximum atomic E-state index is 8.87. The minimum Gasteiger partial charge on any atom is -0.198 e. The first-order chi connectivity index (χ1) is 6.53. The van der Waals surface area contributed by atoms with Gasteiger partial charge in [0.25, 0.3) is 0 Å². The molecule has 0 heterocycles. The van der Waals surface area contributed by atoms with Crippen LogP contribution in [0.2, 0.25) is 0 Å². The molecule has 0 fully saturated rings. The average Bonchev–Trinajstić information content (AvgIpc) is 2.15. The first-order valence-electron chi connectivity index (χ1n) is 4.69. The van der Waals surface area contributed by atoms with Gasteiger partial charge >= 0.3 is 0 Å². The molecule has 0 N–H and O–H groups in total. The van der Waals surface area contributed by atoms with Gasteiger partial charge in [-0.25, -0.2) is 0 Å². The second-order valence-corrected chi connectivity index (χ2v) is 5.04. The number of halogens is 1. The highest BCUT2D eigenvalue weighted by Crippen LogP contribution is 2.22. The van der Waals surface area contributed by atoms with E-state index in [0.29, 0.717) is 0 Å². The molecule has 0 aliphatic heterocycles. The van der Waals surface area contributed by atoms with Crippen LogP contribution < -0.4 is 0 Å². The van der Waals surface area contributed by atoms with E-state index in [1.165, 1.54) is 5.56 Å². The van der Waals surface area contributed by atoms with Crippen LogP contribution >= 0.6 is 15.9 Å². The van der Waals surface area contributed by atoms with Gasteiger partial charge < -0.3 is 0 Å². The molecular formula is C12H14BrN. The Kier molecular flexibility index (Phi) is 3.71. The zero-order valence-corrected chi connectivity index (χ0v) is 10.1. The van der Waals surface area contributed by atoms with Gasteiger partial charge in [-0.05, 0) is 44.4 Å². The fourth-order valence-electron chi connectivity index (χ4n) is 1.21. The Morgan fingerprint density at radius 3 is 2.71 bits per heavy atom. The topological polar surface area (TPSA) is 23.8 Å². The van der Waals surface area contributed by atoms with Crippen LogP contribution in [0.25, 0.3) is 0 Å². The third-order valence-electron chi connectivity index (χ3n) is 2.23. The van der Waals surface area contributed by atoms with E-state index in [1.54, 1.807) is 0 Å². The highest BCUT2D eigenvalue weighted by molar-refractivity contribution is 9.10. The molecule has 0 saturated carbocycles. The first kappa shape index (κ1) is 11.3. The molecule has 2 heteroatoms. The highest BCUT2D eigenvalue weighted by Gasteiger charge is 2.15. The van der Waals surface area contributed by atoms with Crippen molar-refractivity contribution in [3.63, 3.8) is 0 Å². The van der Waals surface area contributed by atoms with Gasteiger partial charge in [0, 0.05) is 4.47 Å². The number of aryl methyl sites for hydroxylation is 1. The largest absolute Gasteiger partial charge is 0.198 e. The molecule has 1 nitrogen and oxygen atoms in total. The van der Waals surface area contributed by atoms with Crippen molar-refractivity contribution in [2.45, 2.75) is 26.7 Å². The number of rotatable bonds is 3. The molecule has 1 aromatic carbocycles. The lowest BCUT2D eigenvalue weighted by molar-refractivity contribution is 0.452. The monoisotopic (exact) mass is 251 g/mol. The summed E-state index contributed by atoms with van der Waals surface area (Å²) in [6, 6.07) is 10.6. The van der Waals surface area contributed by atoms with Crippen molar-refractivity contribution < 1.29 is 0 Å². The second kappa shape index (κ2) is 4.61. The Bertz CT molecular complexity index is 350. The summed E-state index contributed by atoms with van der Waals surface area (Å²) in [6.07, 6.45) is 1.86. The van der Waals surface area contributed by atoms with Crippen molar-refractivity contribution in [2.24, 2.45) is 5.41 Å². The van der Waals surface area contributed by atoms with E-state index in [-0.39, 0.29) is 5.41 Å². The van der Waals surface area contributed by atoms with Crippen LogP contribution in [0.3, 0.4) is 0 Å². The van der Waals surface area contributed by atoms with Gasteiger partial charge in [0.1, 0.15) is 0 Å². The van der Waals surface area contributed by atoms with Crippen molar-refractivity contribution in [3.8, 4) is 6.07 Å². The van der Waals surface area contributed by atoms with Crippen LogP contribution in [-0.4, -0.2) is 0 Å².